The van der Waals surface area contributed by atoms with Crippen molar-refractivity contribution in [2.24, 2.45) is 0 Å². The number of alkyl halides is 1. The molecule has 0 bridgehead atoms. The Morgan fingerprint density at radius 1 is 1.32 bits per heavy atom. The number of carbonyl (C=O) groups excluding carboxylic acids is 1. The molecule has 1 aromatic heterocycles. The molecule has 0 aromatic carbocycles. The lowest BCUT2D eigenvalue weighted by atomic mass is 10.3. The summed E-state index contributed by atoms with van der Waals surface area (Å²) in [5.74, 6) is 1.38. The van der Waals surface area contributed by atoms with Gasteiger partial charge in [0.2, 0.25) is 0 Å². The number of furan rings is 1. The van der Waals surface area contributed by atoms with Gasteiger partial charge in [0.15, 0.2) is 5.76 Å². The Morgan fingerprint density at radius 3 is 2.84 bits per heavy atom. The Morgan fingerprint density at radius 2 is 2.16 bits per heavy atom. The van der Waals surface area contributed by atoms with Gasteiger partial charge in [0.25, 0.3) is 5.91 Å². The van der Waals surface area contributed by atoms with E-state index < -0.39 is 0 Å². The molecule has 106 valence electrons. The first-order valence-corrected chi connectivity index (χ1v) is 8.03. The zero-order valence-electron chi connectivity index (χ0n) is 11.4. The van der Waals surface area contributed by atoms with Crippen molar-refractivity contribution in [2.75, 3.05) is 38.1 Å². The van der Waals surface area contributed by atoms with Gasteiger partial charge in [0.05, 0.1) is 0 Å². The maximum absolute atomic E-state index is 12.4. The summed E-state index contributed by atoms with van der Waals surface area (Å²) in [4.78, 5) is 16.7. The first-order valence-electron chi connectivity index (χ1n) is 6.91. The number of rotatable bonds is 4. The molecule has 19 heavy (non-hydrogen) atoms. The zero-order chi connectivity index (χ0) is 13.7. The second-order valence-electron chi connectivity index (χ2n) is 4.80. The summed E-state index contributed by atoms with van der Waals surface area (Å²) in [7, 11) is 0. The highest BCUT2D eigenvalue weighted by Gasteiger charge is 2.22. The minimum Gasteiger partial charge on any atom is -0.456 e. The maximum atomic E-state index is 12.4. The maximum Gasteiger partial charge on any atom is 0.289 e. The van der Waals surface area contributed by atoms with E-state index in [1.54, 1.807) is 6.07 Å². The summed E-state index contributed by atoms with van der Waals surface area (Å²) in [6.45, 7) is 6.68. The van der Waals surface area contributed by atoms with Crippen LogP contribution in [0.15, 0.2) is 16.5 Å². The molecule has 1 saturated heterocycles. The topological polar surface area (TPSA) is 36.7 Å². The standard InChI is InChI=1S/C14H21BrN2O2/c1-2-12-4-5-13(19-12)14(18)17-8-3-7-16(9-6-15)10-11-17/h4-5H,2-3,6-11H2,1H3. The number of aryl methyl sites for hydroxylation is 1. The van der Waals surface area contributed by atoms with Crippen molar-refractivity contribution >= 4 is 21.8 Å². The molecule has 0 radical (unpaired) electrons. The van der Waals surface area contributed by atoms with Gasteiger partial charge in [0.1, 0.15) is 5.76 Å². The summed E-state index contributed by atoms with van der Waals surface area (Å²) in [5, 5.41) is 0.985. The third kappa shape index (κ3) is 3.83. The molecule has 2 rings (SSSR count). The van der Waals surface area contributed by atoms with E-state index in [0.29, 0.717) is 5.76 Å². The fourth-order valence-electron chi connectivity index (χ4n) is 2.36. The molecule has 0 atom stereocenters. The molecule has 4 nitrogen and oxygen atoms in total. The number of nitrogens with zero attached hydrogens (tertiary/aromatic N) is 2. The Hall–Kier alpha value is -0.810. The van der Waals surface area contributed by atoms with Crippen molar-refractivity contribution in [2.45, 2.75) is 19.8 Å². The molecule has 1 amide bonds. The monoisotopic (exact) mass is 328 g/mol. The van der Waals surface area contributed by atoms with E-state index in [9.17, 15) is 4.79 Å². The Labute approximate surface area is 122 Å². The van der Waals surface area contributed by atoms with Crippen LogP contribution in [0.4, 0.5) is 0 Å². The molecular weight excluding hydrogens is 308 g/mol. The van der Waals surface area contributed by atoms with E-state index in [2.05, 4.69) is 20.8 Å². The molecule has 5 heteroatoms. The number of halogens is 1. The summed E-state index contributed by atoms with van der Waals surface area (Å²) in [5.41, 5.74) is 0. The van der Waals surface area contributed by atoms with E-state index in [1.165, 1.54) is 0 Å². The van der Waals surface area contributed by atoms with Crippen LogP contribution >= 0.6 is 15.9 Å². The summed E-state index contributed by atoms with van der Waals surface area (Å²) in [6, 6.07) is 3.69. The normalized spacial score (nSPS) is 17.5. The molecule has 0 saturated carbocycles. The van der Waals surface area contributed by atoms with E-state index in [-0.39, 0.29) is 5.91 Å². The van der Waals surface area contributed by atoms with Crippen LogP contribution in [0.5, 0.6) is 0 Å². The highest BCUT2D eigenvalue weighted by molar-refractivity contribution is 9.09. The SMILES string of the molecule is CCc1ccc(C(=O)N2CCCN(CCBr)CC2)o1. The second-order valence-corrected chi connectivity index (χ2v) is 5.59. The first kappa shape index (κ1) is 14.6. The molecule has 1 aliphatic heterocycles. The van der Waals surface area contributed by atoms with E-state index in [4.69, 9.17) is 4.42 Å². The molecule has 1 aliphatic rings. The summed E-state index contributed by atoms with van der Waals surface area (Å²) < 4.78 is 5.55. The van der Waals surface area contributed by atoms with Crippen molar-refractivity contribution in [1.82, 2.24) is 9.80 Å². The average molecular weight is 329 g/mol. The lowest BCUT2D eigenvalue weighted by Crippen LogP contribution is -2.35. The Balaban J connectivity index is 1.95. The summed E-state index contributed by atoms with van der Waals surface area (Å²) >= 11 is 3.46. The largest absolute Gasteiger partial charge is 0.456 e. The predicted octanol–water partition coefficient (Wildman–Crippen LogP) is 2.38. The van der Waals surface area contributed by atoms with Crippen LogP contribution in [0.2, 0.25) is 0 Å². The third-order valence-corrected chi connectivity index (χ3v) is 3.85. The fourth-order valence-corrected chi connectivity index (χ4v) is 2.86. The Bertz CT molecular complexity index is 419. The highest BCUT2D eigenvalue weighted by atomic mass is 79.9. The van der Waals surface area contributed by atoms with Gasteiger partial charge >= 0.3 is 0 Å². The van der Waals surface area contributed by atoms with Crippen LogP contribution in [0.3, 0.4) is 0 Å². The van der Waals surface area contributed by atoms with Crippen molar-refractivity contribution in [3.05, 3.63) is 23.7 Å². The molecule has 0 unspecified atom stereocenters. The van der Waals surface area contributed by atoms with Crippen LogP contribution in [-0.2, 0) is 6.42 Å². The van der Waals surface area contributed by atoms with Crippen LogP contribution < -0.4 is 0 Å². The lowest BCUT2D eigenvalue weighted by Gasteiger charge is -2.20. The number of carbonyl (C=O) groups is 1. The predicted molar refractivity (Wildman–Crippen MR) is 78.8 cm³/mol. The fraction of sp³-hybridized carbons (Fsp3) is 0.643. The average Bonchev–Trinajstić information content (AvgIpc) is 2.79. The van der Waals surface area contributed by atoms with Gasteiger partial charge < -0.3 is 14.2 Å². The van der Waals surface area contributed by atoms with Gasteiger partial charge in [-0.1, -0.05) is 22.9 Å². The molecule has 0 N–H and O–H groups in total. The van der Waals surface area contributed by atoms with Crippen molar-refractivity contribution in [1.29, 1.82) is 0 Å². The van der Waals surface area contributed by atoms with Gasteiger partial charge in [-0.05, 0) is 25.1 Å². The highest BCUT2D eigenvalue weighted by Crippen LogP contribution is 2.13. The number of amides is 1. The van der Waals surface area contributed by atoms with Crippen LogP contribution in [-0.4, -0.2) is 53.8 Å². The van der Waals surface area contributed by atoms with Gasteiger partial charge in [-0.25, -0.2) is 0 Å². The van der Waals surface area contributed by atoms with E-state index in [1.807, 2.05) is 17.9 Å². The molecule has 2 heterocycles. The first-order chi connectivity index (χ1) is 9.24. The van der Waals surface area contributed by atoms with Crippen LogP contribution in [0.25, 0.3) is 0 Å². The van der Waals surface area contributed by atoms with Crippen molar-refractivity contribution < 1.29 is 9.21 Å². The molecule has 1 aromatic rings. The zero-order valence-corrected chi connectivity index (χ0v) is 13.0. The van der Waals surface area contributed by atoms with Crippen LogP contribution in [0, 0.1) is 0 Å². The lowest BCUT2D eigenvalue weighted by molar-refractivity contribution is 0.0728. The van der Waals surface area contributed by atoms with E-state index in [0.717, 1.165) is 56.7 Å². The van der Waals surface area contributed by atoms with E-state index >= 15 is 0 Å². The van der Waals surface area contributed by atoms with Gasteiger partial charge in [-0.3, -0.25) is 4.79 Å². The molecule has 0 spiro atoms. The second kappa shape index (κ2) is 7.10. The van der Waals surface area contributed by atoms with Crippen LogP contribution in [0.1, 0.15) is 29.7 Å². The molecular formula is C14H21BrN2O2. The smallest absolute Gasteiger partial charge is 0.289 e. The molecule has 0 aliphatic carbocycles. The minimum atomic E-state index is 0.0281. The number of hydrogen-bond acceptors (Lipinski definition) is 3. The third-order valence-electron chi connectivity index (χ3n) is 3.50. The van der Waals surface area contributed by atoms with Crippen molar-refractivity contribution in [3.8, 4) is 0 Å². The number of hydrogen-bond donors (Lipinski definition) is 0. The minimum absolute atomic E-state index is 0.0281. The molecule has 1 fully saturated rings. The van der Waals surface area contributed by atoms with Gasteiger partial charge in [-0.2, -0.15) is 0 Å². The Kier molecular flexibility index (Phi) is 5.45. The van der Waals surface area contributed by atoms with Crippen molar-refractivity contribution in [3.63, 3.8) is 0 Å². The quantitative estimate of drug-likeness (QED) is 0.796. The van der Waals surface area contributed by atoms with Gasteiger partial charge in [0, 0.05) is 37.9 Å². The van der Waals surface area contributed by atoms with Gasteiger partial charge in [-0.15, -0.1) is 0 Å². The summed E-state index contributed by atoms with van der Waals surface area (Å²) in [6.07, 6.45) is 1.85.